The fourth-order valence-electron chi connectivity index (χ4n) is 1.67. The molecule has 0 radical (unpaired) electrons. The average molecular weight is 315 g/mol. The summed E-state index contributed by atoms with van der Waals surface area (Å²) in [4.78, 5) is 4.01. The molecule has 108 valence electrons. The Bertz CT molecular complexity index is 671. The van der Waals surface area contributed by atoms with Crippen molar-refractivity contribution in [1.29, 1.82) is 0 Å². The second-order valence-corrected chi connectivity index (χ2v) is 6.33. The van der Waals surface area contributed by atoms with Gasteiger partial charge in [0.05, 0.1) is 11.2 Å². The van der Waals surface area contributed by atoms with E-state index in [1.54, 1.807) is 29.4 Å². The first-order valence-electron chi connectivity index (χ1n) is 5.97. The Morgan fingerprint density at radius 1 is 1.40 bits per heavy atom. The van der Waals surface area contributed by atoms with Gasteiger partial charge in [-0.2, -0.15) is 0 Å². The van der Waals surface area contributed by atoms with Crippen LogP contribution in [0.25, 0.3) is 0 Å². The van der Waals surface area contributed by atoms with Crippen LogP contribution in [0.1, 0.15) is 5.56 Å². The summed E-state index contributed by atoms with van der Waals surface area (Å²) >= 11 is 5.97. The number of hydrogen-bond acceptors (Lipinski definition) is 4. The molecule has 6 nitrogen and oxygen atoms in total. The van der Waals surface area contributed by atoms with Crippen molar-refractivity contribution < 1.29 is 8.42 Å². The van der Waals surface area contributed by atoms with Gasteiger partial charge in [-0.3, -0.25) is 0 Å². The molecule has 0 spiro atoms. The van der Waals surface area contributed by atoms with Crippen molar-refractivity contribution in [3.63, 3.8) is 0 Å². The topological polar surface area (TPSA) is 90.0 Å². The third-order valence-electron chi connectivity index (χ3n) is 2.78. The molecule has 0 saturated heterocycles. The first-order chi connectivity index (χ1) is 9.53. The number of halogens is 1. The second kappa shape index (κ2) is 6.36. The maximum Gasteiger partial charge on any atom is 0.240 e. The highest BCUT2D eigenvalue weighted by Gasteiger charge is 2.14. The van der Waals surface area contributed by atoms with E-state index >= 15 is 0 Å². The van der Waals surface area contributed by atoms with E-state index in [9.17, 15) is 8.42 Å². The molecule has 0 unspecified atom stereocenters. The molecule has 0 bridgehead atoms. The van der Waals surface area contributed by atoms with Gasteiger partial charge in [0.15, 0.2) is 0 Å². The summed E-state index contributed by atoms with van der Waals surface area (Å²) in [7, 11) is -3.57. The van der Waals surface area contributed by atoms with E-state index in [0.29, 0.717) is 17.1 Å². The Labute approximate surface area is 122 Å². The fraction of sp³-hybridized carbons (Fsp3) is 0.250. The van der Waals surface area contributed by atoms with E-state index in [-0.39, 0.29) is 18.0 Å². The van der Waals surface area contributed by atoms with Crippen LogP contribution < -0.4 is 10.5 Å². The van der Waals surface area contributed by atoms with Crippen LogP contribution in [0.4, 0.5) is 0 Å². The molecular weight excluding hydrogens is 300 g/mol. The van der Waals surface area contributed by atoms with Crippen LogP contribution in [-0.4, -0.2) is 24.5 Å². The Morgan fingerprint density at radius 3 is 2.80 bits per heavy atom. The van der Waals surface area contributed by atoms with Crippen LogP contribution in [0.3, 0.4) is 0 Å². The van der Waals surface area contributed by atoms with Crippen molar-refractivity contribution >= 4 is 21.6 Å². The lowest BCUT2D eigenvalue weighted by molar-refractivity contribution is 0.573. The lowest BCUT2D eigenvalue weighted by Gasteiger charge is -2.09. The Morgan fingerprint density at radius 2 is 2.20 bits per heavy atom. The molecule has 0 saturated carbocycles. The molecule has 0 atom stereocenters. The second-order valence-electron chi connectivity index (χ2n) is 4.16. The molecule has 0 amide bonds. The lowest BCUT2D eigenvalue weighted by atomic mass is 10.2. The quantitative estimate of drug-likeness (QED) is 0.831. The molecule has 1 aromatic heterocycles. The zero-order chi connectivity index (χ0) is 14.6. The van der Waals surface area contributed by atoms with E-state index in [0.717, 1.165) is 0 Å². The minimum absolute atomic E-state index is 0.130. The SMILES string of the molecule is NCc1ccc(S(=O)(=O)NCCn2ccnc2)cc1Cl. The molecule has 1 aromatic carbocycles. The summed E-state index contributed by atoms with van der Waals surface area (Å²) in [6.07, 6.45) is 5.03. The van der Waals surface area contributed by atoms with E-state index in [1.807, 2.05) is 0 Å². The Hall–Kier alpha value is -1.41. The Kier molecular flexibility index (Phi) is 4.77. The molecular formula is C12H15ClN4O2S. The monoisotopic (exact) mass is 314 g/mol. The van der Waals surface area contributed by atoms with Crippen LogP contribution in [-0.2, 0) is 23.1 Å². The number of nitrogens with one attached hydrogen (secondary N) is 1. The standard InChI is InChI=1S/C12H15ClN4O2S/c13-12-7-11(2-1-10(12)8-14)20(18,19)16-4-6-17-5-3-15-9-17/h1-3,5,7,9,16H,4,6,8,14H2. The summed E-state index contributed by atoms with van der Waals surface area (Å²) in [5.74, 6) is 0. The van der Waals surface area contributed by atoms with Gasteiger partial charge in [0.25, 0.3) is 0 Å². The van der Waals surface area contributed by atoms with Crippen molar-refractivity contribution in [3.05, 3.63) is 47.5 Å². The van der Waals surface area contributed by atoms with Crippen molar-refractivity contribution in [3.8, 4) is 0 Å². The largest absolute Gasteiger partial charge is 0.336 e. The third kappa shape index (κ3) is 3.57. The van der Waals surface area contributed by atoms with Gasteiger partial charge in [0, 0.05) is 37.1 Å². The van der Waals surface area contributed by atoms with Crippen molar-refractivity contribution in [2.45, 2.75) is 18.0 Å². The molecule has 2 rings (SSSR count). The molecule has 0 aliphatic carbocycles. The van der Waals surface area contributed by atoms with Crippen LogP contribution in [0.15, 0.2) is 41.8 Å². The smallest absolute Gasteiger partial charge is 0.240 e. The maximum atomic E-state index is 12.1. The summed E-state index contributed by atoms with van der Waals surface area (Å²) < 4.78 is 28.5. The number of benzene rings is 1. The normalized spacial score (nSPS) is 11.7. The van der Waals surface area contributed by atoms with Gasteiger partial charge < -0.3 is 10.3 Å². The first-order valence-corrected chi connectivity index (χ1v) is 7.83. The maximum absolute atomic E-state index is 12.1. The minimum atomic E-state index is -3.57. The molecule has 0 fully saturated rings. The Balaban J connectivity index is 2.04. The van der Waals surface area contributed by atoms with Crippen molar-refractivity contribution in [2.24, 2.45) is 5.73 Å². The van der Waals surface area contributed by atoms with Gasteiger partial charge >= 0.3 is 0 Å². The zero-order valence-electron chi connectivity index (χ0n) is 10.7. The molecule has 20 heavy (non-hydrogen) atoms. The van der Waals surface area contributed by atoms with Crippen molar-refractivity contribution in [2.75, 3.05) is 6.54 Å². The summed E-state index contributed by atoms with van der Waals surface area (Å²) in [6, 6.07) is 4.52. The summed E-state index contributed by atoms with van der Waals surface area (Å²) in [6.45, 7) is 1.05. The highest BCUT2D eigenvalue weighted by molar-refractivity contribution is 7.89. The molecule has 2 aromatic rings. The number of imidazole rings is 1. The fourth-order valence-corrected chi connectivity index (χ4v) is 3.04. The van der Waals surface area contributed by atoms with Crippen molar-refractivity contribution in [1.82, 2.24) is 14.3 Å². The molecule has 0 aliphatic heterocycles. The predicted octanol–water partition coefficient (Wildman–Crippen LogP) is 0.974. The van der Waals surface area contributed by atoms with Gasteiger partial charge in [0.1, 0.15) is 0 Å². The molecule has 0 aliphatic rings. The third-order valence-corrected chi connectivity index (χ3v) is 4.59. The number of rotatable bonds is 6. The van der Waals surface area contributed by atoms with Gasteiger partial charge in [-0.15, -0.1) is 0 Å². The van der Waals surface area contributed by atoms with Crippen LogP contribution in [0, 0.1) is 0 Å². The van der Waals surface area contributed by atoms with Gasteiger partial charge in [-0.05, 0) is 17.7 Å². The highest BCUT2D eigenvalue weighted by Crippen LogP contribution is 2.20. The predicted molar refractivity (Wildman–Crippen MR) is 76.8 cm³/mol. The van der Waals surface area contributed by atoms with E-state index < -0.39 is 10.0 Å². The minimum Gasteiger partial charge on any atom is -0.336 e. The number of nitrogens with zero attached hydrogens (tertiary/aromatic N) is 2. The van der Waals surface area contributed by atoms with E-state index in [4.69, 9.17) is 17.3 Å². The first kappa shape index (κ1) is 15.0. The molecule has 3 N–H and O–H groups in total. The molecule has 8 heteroatoms. The number of aromatic nitrogens is 2. The summed E-state index contributed by atoms with van der Waals surface area (Å²) in [5.41, 5.74) is 6.20. The van der Waals surface area contributed by atoms with Gasteiger partial charge in [-0.25, -0.2) is 18.1 Å². The van der Waals surface area contributed by atoms with Crippen LogP contribution in [0.2, 0.25) is 5.02 Å². The molecule has 1 heterocycles. The lowest BCUT2D eigenvalue weighted by Crippen LogP contribution is -2.27. The number of hydrogen-bond donors (Lipinski definition) is 2. The highest BCUT2D eigenvalue weighted by atomic mass is 35.5. The zero-order valence-corrected chi connectivity index (χ0v) is 12.2. The number of sulfonamides is 1. The van der Waals surface area contributed by atoms with E-state index in [1.165, 1.54) is 12.1 Å². The van der Waals surface area contributed by atoms with Crippen LogP contribution in [0.5, 0.6) is 0 Å². The summed E-state index contributed by atoms with van der Waals surface area (Å²) in [5, 5.41) is 0.352. The van der Waals surface area contributed by atoms with E-state index in [2.05, 4.69) is 9.71 Å². The number of nitrogens with two attached hydrogens (primary N) is 1. The average Bonchev–Trinajstić information content (AvgIpc) is 2.91. The van der Waals surface area contributed by atoms with Crippen LogP contribution >= 0.6 is 11.6 Å². The van der Waals surface area contributed by atoms with Gasteiger partial charge in [0.2, 0.25) is 10.0 Å². The van der Waals surface area contributed by atoms with Gasteiger partial charge in [-0.1, -0.05) is 17.7 Å².